The van der Waals surface area contributed by atoms with Crippen LogP contribution in [0.3, 0.4) is 0 Å². The first-order chi connectivity index (χ1) is 12.7. The van der Waals surface area contributed by atoms with Crippen LogP contribution >= 0.6 is 23.2 Å². The Kier molecular flexibility index (Phi) is 8.61. The lowest BCUT2D eigenvalue weighted by atomic mass is 10.1. The van der Waals surface area contributed by atoms with E-state index in [0.29, 0.717) is 10.3 Å². The first kappa shape index (κ1) is 20.9. The van der Waals surface area contributed by atoms with E-state index in [1.54, 1.807) is 0 Å². The maximum absolute atomic E-state index is 6.43. The maximum Gasteiger partial charge on any atom is 0.141 e. The number of halogens is 2. The summed E-state index contributed by atoms with van der Waals surface area (Å²) in [6.45, 7) is 8.88. The molecule has 0 fully saturated rings. The van der Waals surface area contributed by atoms with Gasteiger partial charge < -0.3 is 9.80 Å². The molecule has 0 atom stereocenters. The third kappa shape index (κ3) is 5.31. The van der Waals surface area contributed by atoms with Crippen molar-refractivity contribution in [2.45, 2.75) is 46.5 Å². The largest absolute Gasteiger partial charge is 0.342 e. The lowest BCUT2D eigenvalue weighted by Crippen LogP contribution is -2.29. The van der Waals surface area contributed by atoms with E-state index in [9.17, 15) is 0 Å². The van der Waals surface area contributed by atoms with Crippen molar-refractivity contribution < 1.29 is 0 Å². The normalized spacial score (nSPS) is 14.0. The molecule has 26 heavy (non-hydrogen) atoms. The minimum atomic E-state index is 0.689. The minimum absolute atomic E-state index is 0.689. The summed E-state index contributed by atoms with van der Waals surface area (Å²) < 4.78 is 0. The molecule has 0 amide bonds. The number of unbranched alkanes of at least 4 members (excludes halogenated alkanes) is 2. The summed E-state index contributed by atoms with van der Waals surface area (Å²) >= 11 is 12.8. The highest BCUT2D eigenvalue weighted by Gasteiger charge is 2.25. The SMILES string of the molecule is CC.CCCCCN1CN(CCc2ccc3ccccc3c2)C(Cl)=C1Cl. The molecule has 0 bridgehead atoms. The first-order valence-electron chi connectivity index (χ1n) is 9.72. The van der Waals surface area contributed by atoms with Gasteiger partial charge in [0.05, 0.1) is 6.67 Å². The van der Waals surface area contributed by atoms with Crippen LogP contribution in [0.15, 0.2) is 52.8 Å². The van der Waals surface area contributed by atoms with E-state index < -0.39 is 0 Å². The second-order valence-corrected chi connectivity index (χ2v) is 7.10. The van der Waals surface area contributed by atoms with Gasteiger partial charge in [0.15, 0.2) is 0 Å². The van der Waals surface area contributed by atoms with Gasteiger partial charge in [-0.3, -0.25) is 0 Å². The molecule has 1 aliphatic rings. The van der Waals surface area contributed by atoms with Crippen molar-refractivity contribution in [2.24, 2.45) is 0 Å². The van der Waals surface area contributed by atoms with E-state index >= 15 is 0 Å². The van der Waals surface area contributed by atoms with E-state index in [1.807, 2.05) is 13.8 Å². The van der Waals surface area contributed by atoms with Crippen LogP contribution in [0, 0.1) is 0 Å². The summed E-state index contributed by atoms with van der Waals surface area (Å²) in [7, 11) is 0. The standard InChI is InChI=1S/C20H24Cl2N2.C2H6/c1-2-3-6-12-23-15-24(20(22)19(23)21)13-11-16-9-10-17-7-4-5-8-18(17)14-16;1-2/h4-5,7-10,14H,2-3,6,11-13,15H2,1H3;1-2H3. The zero-order chi connectivity index (χ0) is 18.9. The van der Waals surface area contributed by atoms with Crippen molar-refractivity contribution in [3.63, 3.8) is 0 Å². The molecule has 2 aromatic rings. The molecule has 2 aromatic carbocycles. The summed E-state index contributed by atoms with van der Waals surface area (Å²) in [5, 5.41) is 3.96. The maximum atomic E-state index is 6.43. The first-order valence-corrected chi connectivity index (χ1v) is 10.5. The Morgan fingerprint density at radius 3 is 2.19 bits per heavy atom. The van der Waals surface area contributed by atoms with E-state index in [-0.39, 0.29) is 0 Å². The van der Waals surface area contributed by atoms with Crippen LogP contribution < -0.4 is 0 Å². The van der Waals surface area contributed by atoms with Crippen LogP contribution in [-0.4, -0.2) is 29.6 Å². The molecular weight excluding hydrogens is 363 g/mol. The Morgan fingerprint density at radius 2 is 1.50 bits per heavy atom. The van der Waals surface area contributed by atoms with Crippen molar-refractivity contribution in [3.05, 3.63) is 58.3 Å². The van der Waals surface area contributed by atoms with Gasteiger partial charge in [0.1, 0.15) is 10.3 Å². The third-order valence-electron chi connectivity index (χ3n) is 4.58. The van der Waals surface area contributed by atoms with Crippen molar-refractivity contribution in [3.8, 4) is 0 Å². The third-order valence-corrected chi connectivity index (χ3v) is 5.52. The molecule has 0 aliphatic carbocycles. The molecule has 1 aliphatic heterocycles. The van der Waals surface area contributed by atoms with Crippen LogP contribution in [-0.2, 0) is 6.42 Å². The van der Waals surface area contributed by atoms with Gasteiger partial charge in [-0.05, 0) is 29.2 Å². The van der Waals surface area contributed by atoms with Gasteiger partial charge >= 0.3 is 0 Å². The van der Waals surface area contributed by atoms with Gasteiger partial charge in [-0.1, -0.05) is 99.3 Å². The molecule has 2 nitrogen and oxygen atoms in total. The fraction of sp³-hybridized carbons (Fsp3) is 0.455. The number of rotatable bonds is 7. The van der Waals surface area contributed by atoms with E-state index in [2.05, 4.69) is 59.2 Å². The molecule has 0 aromatic heterocycles. The number of nitrogens with zero attached hydrogens (tertiary/aromatic N) is 2. The van der Waals surface area contributed by atoms with E-state index in [4.69, 9.17) is 23.2 Å². The summed E-state index contributed by atoms with van der Waals surface area (Å²) in [5.41, 5.74) is 1.33. The van der Waals surface area contributed by atoms with Crippen LogP contribution in [0.5, 0.6) is 0 Å². The average molecular weight is 393 g/mol. The number of hydrogen-bond acceptors (Lipinski definition) is 2. The van der Waals surface area contributed by atoms with E-state index in [1.165, 1.54) is 29.2 Å². The quantitative estimate of drug-likeness (QED) is 0.378. The molecule has 0 N–H and O–H groups in total. The average Bonchev–Trinajstić information content (AvgIpc) is 2.96. The Bertz CT molecular complexity index is 727. The Labute approximate surface area is 168 Å². The van der Waals surface area contributed by atoms with Crippen LogP contribution in [0.4, 0.5) is 0 Å². The minimum Gasteiger partial charge on any atom is -0.342 e. The Balaban J connectivity index is 0.00000117. The van der Waals surface area contributed by atoms with Gasteiger partial charge in [0, 0.05) is 13.1 Å². The molecule has 4 heteroatoms. The molecule has 0 saturated carbocycles. The van der Waals surface area contributed by atoms with Gasteiger partial charge in [0.25, 0.3) is 0 Å². The summed E-state index contributed by atoms with van der Waals surface area (Å²) in [6, 6.07) is 15.1. The van der Waals surface area contributed by atoms with Crippen LogP contribution in [0.25, 0.3) is 10.8 Å². The molecule has 0 unspecified atom stereocenters. The highest BCUT2D eigenvalue weighted by atomic mass is 35.5. The monoisotopic (exact) mass is 392 g/mol. The summed E-state index contributed by atoms with van der Waals surface area (Å²) in [4.78, 5) is 4.35. The number of fused-ring (bicyclic) bond motifs is 1. The Hall–Kier alpha value is -1.38. The zero-order valence-electron chi connectivity index (χ0n) is 16.1. The molecule has 0 radical (unpaired) electrons. The highest BCUT2D eigenvalue weighted by molar-refractivity contribution is 6.38. The molecular formula is C22H30Cl2N2. The number of hydrogen-bond donors (Lipinski definition) is 0. The topological polar surface area (TPSA) is 6.48 Å². The molecule has 0 spiro atoms. The van der Waals surface area contributed by atoms with Gasteiger partial charge in [0.2, 0.25) is 0 Å². The lowest BCUT2D eigenvalue weighted by molar-refractivity contribution is 0.256. The van der Waals surface area contributed by atoms with Crippen LogP contribution in [0.1, 0.15) is 45.6 Å². The second-order valence-electron chi connectivity index (χ2n) is 6.39. The molecule has 0 saturated heterocycles. The van der Waals surface area contributed by atoms with Gasteiger partial charge in [-0.15, -0.1) is 0 Å². The van der Waals surface area contributed by atoms with Crippen molar-refractivity contribution in [2.75, 3.05) is 19.8 Å². The van der Waals surface area contributed by atoms with E-state index in [0.717, 1.165) is 32.6 Å². The smallest absolute Gasteiger partial charge is 0.141 e. The highest BCUT2D eigenvalue weighted by Crippen LogP contribution is 2.30. The number of benzene rings is 2. The Morgan fingerprint density at radius 1 is 0.846 bits per heavy atom. The van der Waals surface area contributed by atoms with Crippen molar-refractivity contribution in [1.29, 1.82) is 0 Å². The fourth-order valence-electron chi connectivity index (χ4n) is 3.14. The van der Waals surface area contributed by atoms with Crippen LogP contribution in [0.2, 0.25) is 0 Å². The molecule has 3 rings (SSSR count). The van der Waals surface area contributed by atoms with Crippen molar-refractivity contribution in [1.82, 2.24) is 9.80 Å². The zero-order valence-corrected chi connectivity index (χ0v) is 17.7. The predicted molar refractivity (Wildman–Crippen MR) is 116 cm³/mol. The molecule has 142 valence electrons. The summed E-state index contributed by atoms with van der Waals surface area (Å²) in [6.07, 6.45) is 4.58. The molecule has 1 heterocycles. The lowest BCUT2D eigenvalue weighted by Gasteiger charge is -2.22. The van der Waals surface area contributed by atoms with Gasteiger partial charge in [-0.2, -0.15) is 0 Å². The van der Waals surface area contributed by atoms with Gasteiger partial charge in [-0.25, -0.2) is 0 Å². The fourth-order valence-corrected chi connectivity index (χ4v) is 3.65. The predicted octanol–water partition coefficient (Wildman–Crippen LogP) is 6.78. The summed E-state index contributed by atoms with van der Waals surface area (Å²) in [5.74, 6) is 0. The second kappa shape index (κ2) is 10.7. The van der Waals surface area contributed by atoms with Crippen molar-refractivity contribution >= 4 is 34.0 Å².